The molecule has 0 aromatic heterocycles. The molecular weight excluding hydrogens is 230 g/mol. The van der Waals surface area contributed by atoms with Crippen molar-refractivity contribution in [3.8, 4) is 5.75 Å². The molecule has 0 bridgehead atoms. The molecule has 1 aliphatic rings. The van der Waals surface area contributed by atoms with Gasteiger partial charge in [0.15, 0.2) is 0 Å². The van der Waals surface area contributed by atoms with Gasteiger partial charge >= 0.3 is 5.97 Å². The Labute approximate surface area is 107 Å². The number of carboxylic acids is 1. The van der Waals surface area contributed by atoms with Crippen molar-refractivity contribution in [1.82, 2.24) is 4.90 Å². The van der Waals surface area contributed by atoms with Gasteiger partial charge in [0.25, 0.3) is 0 Å². The van der Waals surface area contributed by atoms with E-state index in [1.165, 1.54) is 19.4 Å². The number of carboxylic acid groups (broad SMARTS) is 1. The fraction of sp³-hybridized carbons (Fsp3) is 0.500. The van der Waals surface area contributed by atoms with E-state index in [1.807, 2.05) is 0 Å². The average molecular weight is 249 g/mol. The summed E-state index contributed by atoms with van der Waals surface area (Å²) in [5, 5.41) is 8.88. The SMILES string of the molecule is CN1CCCC1CCOc1cccc(C(=O)O)c1. The topological polar surface area (TPSA) is 49.8 Å². The first-order chi connectivity index (χ1) is 8.66. The van der Waals surface area contributed by atoms with Crippen molar-refractivity contribution in [3.05, 3.63) is 29.8 Å². The molecule has 1 saturated heterocycles. The van der Waals surface area contributed by atoms with E-state index in [4.69, 9.17) is 9.84 Å². The largest absolute Gasteiger partial charge is 0.494 e. The molecular formula is C14H19NO3. The van der Waals surface area contributed by atoms with Gasteiger partial charge in [0.1, 0.15) is 5.75 Å². The molecule has 2 rings (SSSR count). The number of likely N-dealkylation sites (tertiary alicyclic amines) is 1. The molecule has 0 radical (unpaired) electrons. The van der Waals surface area contributed by atoms with Gasteiger partial charge < -0.3 is 14.7 Å². The van der Waals surface area contributed by atoms with Crippen LogP contribution < -0.4 is 4.74 Å². The van der Waals surface area contributed by atoms with Crippen LogP contribution in [0.15, 0.2) is 24.3 Å². The molecule has 1 atom stereocenters. The van der Waals surface area contributed by atoms with Crippen LogP contribution in [0.5, 0.6) is 5.75 Å². The summed E-state index contributed by atoms with van der Waals surface area (Å²) < 4.78 is 5.62. The van der Waals surface area contributed by atoms with E-state index < -0.39 is 5.97 Å². The van der Waals surface area contributed by atoms with E-state index in [-0.39, 0.29) is 5.56 Å². The van der Waals surface area contributed by atoms with Gasteiger partial charge in [0.05, 0.1) is 12.2 Å². The van der Waals surface area contributed by atoms with Gasteiger partial charge in [-0.3, -0.25) is 0 Å². The van der Waals surface area contributed by atoms with Crippen molar-refractivity contribution in [2.24, 2.45) is 0 Å². The highest BCUT2D eigenvalue weighted by molar-refractivity contribution is 5.87. The lowest BCUT2D eigenvalue weighted by atomic mass is 10.1. The molecule has 0 spiro atoms. The number of benzene rings is 1. The molecule has 18 heavy (non-hydrogen) atoms. The summed E-state index contributed by atoms with van der Waals surface area (Å²) >= 11 is 0. The summed E-state index contributed by atoms with van der Waals surface area (Å²) in [6.45, 7) is 1.80. The summed E-state index contributed by atoms with van der Waals surface area (Å²) in [5.74, 6) is -0.286. The molecule has 0 aliphatic carbocycles. The van der Waals surface area contributed by atoms with Crippen molar-refractivity contribution in [2.75, 3.05) is 20.2 Å². The molecule has 1 fully saturated rings. The molecule has 4 nitrogen and oxygen atoms in total. The van der Waals surface area contributed by atoms with Crippen LogP contribution in [0.25, 0.3) is 0 Å². The Kier molecular flexibility index (Phi) is 4.20. The van der Waals surface area contributed by atoms with Crippen molar-refractivity contribution < 1.29 is 14.6 Å². The van der Waals surface area contributed by atoms with Crippen molar-refractivity contribution >= 4 is 5.97 Å². The summed E-state index contributed by atoms with van der Waals surface area (Å²) in [6.07, 6.45) is 3.48. The van der Waals surface area contributed by atoms with Gasteiger partial charge in [-0.05, 0) is 51.1 Å². The molecule has 1 aromatic carbocycles. The summed E-state index contributed by atoms with van der Waals surface area (Å²) in [4.78, 5) is 13.2. The maximum absolute atomic E-state index is 10.8. The Balaban J connectivity index is 1.83. The number of carbonyl (C=O) groups is 1. The predicted octanol–water partition coefficient (Wildman–Crippen LogP) is 2.25. The number of rotatable bonds is 5. The molecule has 0 saturated carbocycles. The minimum Gasteiger partial charge on any atom is -0.494 e. The Bertz CT molecular complexity index is 419. The van der Waals surface area contributed by atoms with Gasteiger partial charge in [-0.1, -0.05) is 6.07 Å². The number of hydrogen-bond donors (Lipinski definition) is 1. The number of ether oxygens (including phenoxy) is 1. The zero-order valence-electron chi connectivity index (χ0n) is 10.6. The second-order valence-electron chi connectivity index (χ2n) is 4.75. The van der Waals surface area contributed by atoms with Gasteiger partial charge in [0, 0.05) is 6.04 Å². The highest BCUT2D eigenvalue weighted by atomic mass is 16.5. The minimum absolute atomic E-state index is 0.269. The first kappa shape index (κ1) is 12.9. The monoisotopic (exact) mass is 249 g/mol. The summed E-state index contributed by atoms with van der Waals surface area (Å²) in [7, 11) is 2.14. The zero-order valence-corrected chi connectivity index (χ0v) is 10.6. The maximum atomic E-state index is 10.8. The second-order valence-corrected chi connectivity index (χ2v) is 4.75. The molecule has 1 aliphatic heterocycles. The highest BCUT2D eigenvalue weighted by Crippen LogP contribution is 2.19. The highest BCUT2D eigenvalue weighted by Gasteiger charge is 2.20. The molecule has 98 valence electrons. The van der Waals surface area contributed by atoms with E-state index >= 15 is 0 Å². The first-order valence-corrected chi connectivity index (χ1v) is 6.33. The van der Waals surface area contributed by atoms with E-state index in [1.54, 1.807) is 24.3 Å². The van der Waals surface area contributed by atoms with Gasteiger partial charge in [-0.25, -0.2) is 4.79 Å². The zero-order chi connectivity index (χ0) is 13.0. The van der Waals surface area contributed by atoms with Crippen LogP contribution in [0.1, 0.15) is 29.6 Å². The van der Waals surface area contributed by atoms with Gasteiger partial charge in [0.2, 0.25) is 0 Å². The van der Waals surface area contributed by atoms with Gasteiger partial charge in [-0.15, -0.1) is 0 Å². The number of hydrogen-bond acceptors (Lipinski definition) is 3. The Morgan fingerprint density at radius 2 is 2.39 bits per heavy atom. The van der Waals surface area contributed by atoms with Crippen molar-refractivity contribution in [1.29, 1.82) is 0 Å². The fourth-order valence-electron chi connectivity index (χ4n) is 2.38. The van der Waals surface area contributed by atoms with Gasteiger partial charge in [-0.2, -0.15) is 0 Å². The van der Waals surface area contributed by atoms with E-state index in [9.17, 15) is 4.79 Å². The third kappa shape index (κ3) is 3.23. The lowest BCUT2D eigenvalue weighted by Crippen LogP contribution is -2.26. The average Bonchev–Trinajstić information content (AvgIpc) is 2.76. The lowest BCUT2D eigenvalue weighted by molar-refractivity contribution is 0.0696. The third-order valence-corrected chi connectivity index (χ3v) is 3.47. The van der Waals surface area contributed by atoms with Crippen LogP contribution in [-0.4, -0.2) is 42.2 Å². The molecule has 1 heterocycles. The fourth-order valence-corrected chi connectivity index (χ4v) is 2.38. The van der Waals surface area contributed by atoms with E-state index in [0.717, 1.165) is 6.42 Å². The van der Waals surface area contributed by atoms with E-state index in [0.29, 0.717) is 18.4 Å². The summed E-state index contributed by atoms with van der Waals surface area (Å²) in [6, 6.07) is 7.25. The Morgan fingerprint density at radius 3 is 3.06 bits per heavy atom. The Hall–Kier alpha value is -1.55. The molecule has 0 amide bonds. The van der Waals surface area contributed by atoms with Crippen LogP contribution in [0.3, 0.4) is 0 Å². The van der Waals surface area contributed by atoms with Crippen molar-refractivity contribution in [3.63, 3.8) is 0 Å². The van der Waals surface area contributed by atoms with Crippen LogP contribution in [0.4, 0.5) is 0 Å². The molecule has 1 aromatic rings. The van der Waals surface area contributed by atoms with Crippen LogP contribution in [0, 0.1) is 0 Å². The molecule has 1 N–H and O–H groups in total. The number of nitrogens with zero attached hydrogens (tertiary/aromatic N) is 1. The molecule has 1 unspecified atom stereocenters. The lowest BCUT2D eigenvalue weighted by Gasteiger charge is -2.19. The predicted molar refractivity (Wildman–Crippen MR) is 69.2 cm³/mol. The first-order valence-electron chi connectivity index (χ1n) is 6.33. The van der Waals surface area contributed by atoms with E-state index in [2.05, 4.69) is 11.9 Å². The maximum Gasteiger partial charge on any atom is 0.335 e. The van der Waals surface area contributed by atoms with Crippen molar-refractivity contribution in [2.45, 2.75) is 25.3 Å². The molecule has 4 heteroatoms. The standard InChI is InChI=1S/C14H19NO3/c1-15-8-3-5-12(15)7-9-18-13-6-2-4-11(10-13)14(16)17/h2,4,6,10,12H,3,5,7-9H2,1H3,(H,16,17). The quantitative estimate of drug-likeness (QED) is 0.869. The Morgan fingerprint density at radius 1 is 1.56 bits per heavy atom. The van der Waals surface area contributed by atoms with Crippen LogP contribution >= 0.6 is 0 Å². The smallest absolute Gasteiger partial charge is 0.335 e. The number of aromatic carboxylic acids is 1. The normalized spacial score (nSPS) is 19.9. The third-order valence-electron chi connectivity index (χ3n) is 3.47. The summed E-state index contributed by atoms with van der Waals surface area (Å²) in [5.41, 5.74) is 0.269. The second kappa shape index (κ2) is 5.87. The van der Waals surface area contributed by atoms with Crippen LogP contribution in [0.2, 0.25) is 0 Å². The van der Waals surface area contributed by atoms with Crippen LogP contribution in [-0.2, 0) is 0 Å². The minimum atomic E-state index is -0.920.